The Hall–Kier alpha value is -2.81. The summed E-state index contributed by atoms with van der Waals surface area (Å²) in [6.07, 6.45) is 1.41. The fraction of sp³-hybridized carbons (Fsp3) is 0.214. The van der Waals surface area contributed by atoms with Crippen molar-refractivity contribution in [2.45, 2.75) is 6.92 Å². The van der Waals surface area contributed by atoms with E-state index in [0.29, 0.717) is 29.3 Å². The van der Waals surface area contributed by atoms with Gasteiger partial charge in [-0.15, -0.1) is 0 Å². The molecule has 2 rings (SSSR count). The average Bonchev–Trinajstić information content (AvgIpc) is 2.81. The molecule has 0 saturated carbocycles. The lowest BCUT2D eigenvalue weighted by molar-refractivity contribution is 0.102. The van der Waals surface area contributed by atoms with Crippen LogP contribution in [0.1, 0.15) is 22.8 Å². The van der Waals surface area contributed by atoms with Crippen molar-refractivity contribution in [2.75, 3.05) is 11.9 Å². The van der Waals surface area contributed by atoms with Gasteiger partial charge < -0.3 is 10.1 Å². The molecule has 102 valence electrons. The lowest BCUT2D eigenvalue weighted by Gasteiger charge is -2.07. The van der Waals surface area contributed by atoms with Gasteiger partial charge in [-0.2, -0.15) is 10.4 Å². The smallest absolute Gasteiger partial charge is 0.256 e. The number of benzene rings is 1. The van der Waals surface area contributed by atoms with Crippen molar-refractivity contribution >= 4 is 11.7 Å². The van der Waals surface area contributed by atoms with Gasteiger partial charge in [0.2, 0.25) is 0 Å². The molecule has 0 aliphatic rings. The van der Waals surface area contributed by atoms with Gasteiger partial charge in [0.25, 0.3) is 5.91 Å². The summed E-state index contributed by atoms with van der Waals surface area (Å²) >= 11 is 0. The number of nitrogens with one attached hydrogen (secondary N) is 1. The molecule has 6 heteroatoms. The Kier molecular flexibility index (Phi) is 4.01. The molecule has 0 bridgehead atoms. The minimum atomic E-state index is -0.298. The van der Waals surface area contributed by atoms with Crippen LogP contribution in [0.2, 0.25) is 0 Å². The van der Waals surface area contributed by atoms with Crippen LogP contribution in [-0.4, -0.2) is 22.3 Å². The molecule has 1 heterocycles. The van der Waals surface area contributed by atoms with E-state index in [4.69, 9.17) is 10.00 Å². The van der Waals surface area contributed by atoms with Crippen LogP contribution in [0.3, 0.4) is 0 Å². The lowest BCUT2D eigenvalue weighted by Crippen LogP contribution is -2.15. The molecule has 0 unspecified atom stereocenters. The van der Waals surface area contributed by atoms with Gasteiger partial charge in [0, 0.05) is 12.6 Å². The fourth-order valence-electron chi connectivity index (χ4n) is 1.72. The van der Waals surface area contributed by atoms with E-state index >= 15 is 0 Å². The highest BCUT2D eigenvalue weighted by Gasteiger charge is 2.13. The van der Waals surface area contributed by atoms with Crippen LogP contribution < -0.4 is 10.1 Å². The van der Waals surface area contributed by atoms with Gasteiger partial charge in [-0.1, -0.05) is 0 Å². The molecule has 2 aromatic rings. The summed E-state index contributed by atoms with van der Waals surface area (Å²) in [5.74, 6) is 0.793. The van der Waals surface area contributed by atoms with Crippen LogP contribution >= 0.6 is 0 Å². The topological polar surface area (TPSA) is 79.9 Å². The van der Waals surface area contributed by atoms with E-state index in [2.05, 4.69) is 10.4 Å². The number of hydrogen-bond donors (Lipinski definition) is 1. The summed E-state index contributed by atoms with van der Waals surface area (Å²) in [5, 5.41) is 15.5. The fourth-order valence-corrected chi connectivity index (χ4v) is 1.72. The number of aryl methyl sites for hydroxylation is 1. The second-order valence-corrected chi connectivity index (χ2v) is 4.05. The molecule has 0 aliphatic heterocycles. The monoisotopic (exact) mass is 270 g/mol. The number of carbonyl (C=O) groups is 1. The molecule has 1 aromatic carbocycles. The molecular weight excluding hydrogens is 256 g/mol. The van der Waals surface area contributed by atoms with Gasteiger partial charge in [-0.3, -0.25) is 9.48 Å². The Morgan fingerprint density at radius 2 is 2.15 bits per heavy atom. The summed E-state index contributed by atoms with van der Waals surface area (Å²) in [4.78, 5) is 12.1. The van der Waals surface area contributed by atoms with Crippen LogP contribution in [0.4, 0.5) is 5.82 Å². The van der Waals surface area contributed by atoms with E-state index in [0.717, 1.165) is 0 Å². The molecule has 0 atom stereocenters. The van der Waals surface area contributed by atoms with Gasteiger partial charge in [-0.25, -0.2) is 0 Å². The van der Waals surface area contributed by atoms with E-state index in [1.165, 1.54) is 10.9 Å². The number of carbonyl (C=O) groups excluding carboxylic acids is 1. The second-order valence-electron chi connectivity index (χ2n) is 4.05. The van der Waals surface area contributed by atoms with Crippen LogP contribution in [0.25, 0.3) is 0 Å². The van der Waals surface area contributed by atoms with Crippen LogP contribution in [0, 0.1) is 11.3 Å². The third kappa shape index (κ3) is 2.78. The maximum Gasteiger partial charge on any atom is 0.256 e. The zero-order valence-corrected chi connectivity index (χ0v) is 11.3. The van der Waals surface area contributed by atoms with Gasteiger partial charge in [0.1, 0.15) is 23.2 Å². The molecule has 0 radical (unpaired) electrons. The highest BCUT2D eigenvalue weighted by atomic mass is 16.5. The van der Waals surface area contributed by atoms with Gasteiger partial charge >= 0.3 is 0 Å². The zero-order valence-electron chi connectivity index (χ0n) is 11.3. The number of anilines is 1. The standard InChI is InChI=1S/C14H14N4O2/c1-3-20-12-6-4-10(5-7-12)14(19)17-13-11(8-15)9-16-18(13)2/h4-7,9H,3H2,1-2H3,(H,17,19). The Balaban J connectivity index is 2.16. The normalized spacial score (nSPS) is 9.85. The summed E-state index contributed by atoms with van der Waals surface area (Å²) in [7, 11) is 1.66. The largest absolute Gasteiger partial charge is 0.494 e. The van der Waals surface area contributed by atoms with E-state index < -0.39 is 0 Å². The van der Waals surface area contributed by atoms with Gasteiger partial charge in [-0.05, 0) is 31.2 Å². The van der Waals surface area contributed by atoms with Crippen molar-refractivity contribution in [1.82, 2.24) is 9.78 Å². The summed E-state index contributed by atoms with van der Waals surface area (Å²) < 4.78 is 6.76. The number of nitrogens with zero attached hydrogens (tertiary/aromatic N) is 3. The van der Waals surface area contributed by atoms with Crippen molar-refractivity contribution in [1.29, 1.82) is 5.26 Å². The molecular formula is C14H14N4O2. The SMILES string of the molecule is CCOc1ccc(C(=O)Nc2c(C#N)cnn2C)cc1. The highest BCUT2D eigenvalue weighted by molar-refractivity contribution is 6.04. The minimum absolute atomic E-state index is 0.298. The van der Waals surface area contributed by atoms with Crippen molar-refractivity contribution in [3.8, 4) is 11.8 Å². The van der Waals surface area contributed by atoms with Crippen molar-refractivity contribution in [2.24, 2.45) is 7.05 Å². The number of amides is 1. The van der Waals surface area contributed by atoms with Crippen molar-refractivity contribution in [3.63, 3.8) is 0 Å². The number of rotatable bonds is 4. The third-order valence-corrected chi connectivity index (χ3v) is 2.72. The second kappa shape index (κ2) is 5.89. The summed E-state index contributed by atoms with van der Waals surface area (Å²) in [6.45, 7) is 2.47. The molecule has 20 heavy (non-hydrogen) atoms. The first-order valence-electron chi connectivity index (χ1n) is 6.12. The zero-order chi connectivity index (χ0) is 14.5. The molecule has 1 amide bonds. The Labute approximate surface area is 116 Å². The number of aromatic nitrogens is 2. The van der Waals surface area contributed by atoms with E-state index in [1.54, 1.807) is 31.3 Å². The number of ether oxygens (including phenoxy) is 1. The molecule has 6 nitrogen and oxygen atoms in total. The highest BCUT2D eigenvalue weighted by Crippen LogP contribution is 2.16. The third-order valence-electron chi connectivity index (χ3n) is 2.72. The van der Waals surface area contributed by atoms with E-state index in [1.807, 2.05) is 13.0 Å². The van der Waals surface area contributed by atoms with Crippen LogP contribution in [0.5, 0.6) is 5.75 Å². The quantitative estimate of drug-likeness (QED) is 0.920. The Morgan fingerprint density at radius 1 is 1.45 bits per heavy atom. The molecule has 0 spiro atoms. The van der Waals surface area contributed by atoms with E-state index in [-0.39, 0.29) is 5.91 Å². The Bertz CT molecular complexity index is 653. The first-order chi connectivity index (χ1) is 9.65. The predicted molar refractivity (Wildman–Crippen MR) is 73.5 cm³/mol. The maximum atomic E-state index is 12.1. The lowest BCUT2D eigenvalue weighted by atomic mass is 10.2. The first kappa shape index (κ1) is 13.6. The molecule has 0 aliphatic carbocycles. The van der Waals surface area contributed by atoms with Crippen molar-refractivity contribution < 1.29 is 9.53 Å². The number of nitriles is 1. The first-order valence-corrected chi connectivity index (χ1v) is 6.12. The van der Waals surface area contributed by atoms with Gasteiger partial charge in [0.15, 0.2) is 0 Å². The summed E-state index contributed by atoms with van der Waals surface area (Å²) in [6, 6.07) is 8.78. The van der Waals surface area contributed by atoms with E-state index in [9.17, 15) is 4.79 Å². The summed E-state index contributed by atoms with van der Waals surface area (Å²) in [5.41, 5.74) is 0.810. The number of hydrogen-bond acceptors (Lipinski definition) is 4. The van der Waals surface area contributed by atoms with Gasteiger partial charge in [0.05, 0.1) is 12.8 Å². The average molecular weight is 270 g/mol. The molecule has 1 N–H and O–H groups in total. The molecule has 1 aromatic heterocycles. The maximum absolute atomic E-state index is 12.1. The predicted octanol–water partition coefficient (Wildman–Crippen LogP) is 1.94. The Morgan fingerprint density at radius 3 is 2.75 bits per heavy atom. The minimum Gasteiger partial charge on any atom is -0.494 e. The molecule has 0 fully saturated rings. The van der Waals surface area contributed by atoms with Crippen LogP contribution in [0.15, 0.2) is 30.5 Å². The van der Waals surface area contributed by atoms with Crippen molar-refractivity contribution in [3.05, 3.63) is 41.6 Å². The van der Waals surface area contributed by atoms with Crippen LogP contribution in [-0.2, 0) is 7.05 Å². The molecule has 0 saturated heterocycles.